The summed E-state index contributed by atoms with van der Waals surface area (Å²) in [6.45, 7) is 0. The fraction of sp³-hybridized carbons (Fsp3) is 0.387. The van der Waals surface area contributed by atoms with Crippen molar-refractivity contribution in [2.75, 3.05) is 40.9 Å². The van der Waals surface area contributed by atoms with Crippen molar-refractivity contribution in [2.45, 2.75) is 34.1 Å². The first-order valence-corrected chi connectivity index (χ1v) is 16.2. The first-order valence-electron chi connectivity index (χ1n) is 13.7. The normalized spacial score (nSPS) is 30.0. The van der Waals surface area contributed by atoms with Gasteiger partial charge in [0.1, 0.15) is 30.1 Å². The molecule has 2 saturated heterocycles. The number of methoxy groups -OCH3 is 2. The van der Waals surface area contributed by atoms with E-state index < -0.39 is 51.9 Å². The average Bonchev–Trinajstić information content (AvgIpc) is 3.14. The maximum Gasteiger partial charge on any atom is 0.338 e. The van der Waals surface area contributed by atoms with Gasteiger partial charge in [0, 0.05) is 26.8 Å². The minimum Gasteiger partial charge on any atom is -0.493 e. The average molecular weight is 659 g/mol. The lowest BCUT2D eigenvalue weighted by atomic mass is 9.94. The number of thioether (sulfide) groups is 2. The molecule has 45 heavy (non-hydrogen) atoms. The number of hydrogen-bond acceptors (Lipinski definition) is 12. The number of carbonyl (C=O) groups excluding carboxylic acids is 3. The number of piperazine rings is 1. The van der Waals surface area contributed by atoms with Gasteiger partial charge in [-0.25, -0.2) is 4.79 Å². The number of esters is 1. The zero-order chi connectivity index (χ0) is 32.7. The van der Waals surface area contributed by atoms with Gasteiger partial charge in [-0.1, -0.05) is 12.1 Å². The Bertz CT molecular complexity index is 1570. The van der Waals surface area contributed by atoms with Gasteiger partial charge in [0.05, 0.1) is 25.2 Å². The van der Waals surface area contributed by atoms with E-state index in [1.54, 1.807) is 57.1 Å². The Labute approximate surface area is 268 Å². The molecule has 12 nitrogen and oxygen atoms in total. The summed E-state index contributed by atoms with van der Waals surface area (Å²) in [7, 11) is 6.15. The summed E-state index contributed by atoms with van der Waals surface area (Å²) in [5, 5.41) is 23.7. The van der Waals surface area contributed by atoms with E-state index in [1.807, 2.05) is 0 Å². The summed E-state index contributed by atoms with van der Waals surface area (Å²) in [4.78, 5) is 41.6. The third kappa shape index (κ3) is 4.86. The van der Waals surface area contributed by atoms with Gasteiger partial charge in [-0.3, -0.25) is 9.59 Å². The lowest BCUT2D eigenvalue weighted by Crippen LogP contribution is -2.76. The molecule has 6 unspecified atom stereocenters. The summed E-state index contributed by atoms with van der Waals surface area (Å²) in [6, 6.07) is 9.91. The van der Waals surface area contributed by atoms with Gasteiger partial charge in [-0.05, 0) is 54.5 Å². The van der Waals surface area contributed by atoms with E-state index in [0.717, 1.165) is 23.5 Å². The minimum atomic E-state index is -1.86. The van der Waals surface area contributed by atoms with E-state index in [0.29, 0.717) is 17.1 Å². The standard InChI is InChI=1S/C29H28N2O9S2.C2H6O/c1-30-26(35)29(42-4)24(33)18-14-38-11-10-20-22(18)31(29)27(36)28(30,41-3)23(32)15-6-5-7-17(12-15)39-21-13-16(25(34)40-20)8-9-19(21)37-2;1-3-2/h5-14,20,22-24,32-33H,1-4H3;1-2H3. The number of nitrogens with zero attached hydrogens (tertiary/aromatic N) is 2. The van der Waals surface area contributed by atoms with Crippen LogP contribution in [-0.2, 0) is 23.8 Å². The molecule has 4 aliphatic heterocycles. The molecule has 0 aromatic heterocycles. The van der Waals surface area contributed by atoms with Crippen molar-refractivity contribution >= 4 is 41.3 Å². The number of ether oxygens (including phenoxy) is 5. The molecule has 0 radical (unpaired) electrons. The van der Waals surface area contributed by atoms with E-state index >= 15 is 0 Å². The zero-order valence-corrected chi connectivity index (χ0v) is 27.1. The molecular weight excluding hydrogens is 624 g/mol. The van der Waals surface area contributed by atoms with Gasteiger partial charge in [0.15, 0.2) is 21.2 Å². The first kappa shape index (κ1) is 32.7. The van der Waals surface area contributed by atoms with Gasteiger partial charge in [0.2, 0.25) is 0 Å². The Balaban J connectivity index is 0.00000128. The second-order valence-corrected chi connectivity index (χ2v) is 12.6. The number of likely N-dealkylation sites (N-methyl/N-ethyl adjacent to an activating group) is 1. The molecule has 0 spiro atoms. The highest BCUT2D eigenvalue weighted by Gasteiger charge is 2.73. The maximum absolute atomic E-state index is 14.9. The predicted molar refractivity (Wildman–Crippen MR) is 167 cm³/mol. The van der Waals surface area contributed by atoms with E-state index in [4.69, 9.17) is 18.9 Å². The monoisotopic (exact) mass is 658 g/mol. The van der Waals surface area contributed by atoms with Crippen LogP contribution in [0.1, 0.15) is 22.0 Å². The fourth-order valence-corrected chi connectivity index (χ4v) is 8.16. The highest BCUT2D eigenvalue weighted by molar-refractivity contribution is 8.01. The Morgan fingerprint density at radius 2 is 1.64 bits per heavy atom. The minimum absolute atomic E-state index is 0.134. The van der Waals surface area contributed by atoms with Crippen LogP contribution in [-0.4, -0.2) is 107 Å². The summed E-state index contributed by atoms with van der Waals surface area (Å²) in [5.74, 6) is -1.14. The molecule has 2 fully saturated rings. The Kier molecular flexibility index (Phi) is 9.16. The lowest BCUT2D eigenvalue weighted by molar-refractivity contribution is -0.174. The molecule has 6 bridgehead atoms. The number of benzene rings is 2. The quantitative estimate of drug-likeness (QED) is 0.468. The highest BCUT2D eigenvalue weighted by atomic mass is 32.2. The molecule has 2 aromatic carbocycles. The maximum atomic E-state index is 14.9. The largest absolute Gasteiger partial charge is 0.493 e. The third-order valence-corrected chi connectivity index (χ3v) is 10.7. The number of rotatable bonds is 3. The van der Waals surface area contributed by atoms with Crippen molar-refractivity contribution in [3.63, 3.8) is 0 Å². The van der Waals surface area contributed by atoms with Crippen molar-refractivity contribution in [3.8, 4) is 17.2 Å². The highest BCUT2D eigenvalue weighted by Crippen LogP contribution is 2.56. The van der Waals surface area contributed by atoms with Crippen LogP contribution >= 0.6 is 23.5 Å². The molecule has 14 heteroatoms. The van der Waals surface area contributed by atoms with Crippen molar-refractivity contribution in [3.05, 3.63) is 77.8 Å². The van der Waals surface area contributed by atoms with E-state index in [9.17, 15) is 24.6 Å². The SMILES string of the molecule is COC.COc1ccc2cc1Oc1cccc(c1)C(O)C1(SC)C(=O)N3C4C(=COC=CC4OC2=O)C(O)C3(SC)C(=O)N1C. The van der Waals surface area contributed by atoms with Gasteiger partial charge >= 0.3 is 5.97 Å². The van der Waals surface area contributed by atoms with Gasteiger partial charge in [-0.15, -0.1) is 23.5 Å². The topological polar surface area (TPSA) is 144 Å². The number of carbonyl (C=O) groups is 3. The van der Waals surface area contributed by atoms with Crippen LogP contribution in [0.3, 0.4) is 0 Å². The van der Waals surface area contributed by atoms with Gasteiger partial charge in [0.25, 0.3) is 11.8 Å². The van der Waals surface area contributed by atoms with Crippen LogP contribution in [0.5, 0.6) is 17.2 Å². The molecular formula is C31H34N2O10S2. The van der Waals surface area contributed by atoms with Crippen molar-refractivity contribution in [2.24, 2.45) is 0 Å². The fourth-order valence-electron chi connectivity index (χ4n) is 6.11. The van der Waals surface area contributed by atoms with E-state index in [-0.39, 0.29) is 16.9 Å². The van der Waals surface area contributed by atoms with Crippen molar-refractivity contribution in [1.82, 2.24) is 9.80 Å². The van der Waals surface area contributed by atoms with Crippen LogP contribution in [0.25, 0.3) is 0 Å². The Morgan fingerprint density at radius 1 is 0.933 bits per heavy atom. The molecule has 0 saturated carbocycles. The Hall–Kier alpha value is -3.69. The number of aliphatic hydroxyl groups is 2. The second-order valence-electron chi connectivity index (χ2n) is 10.5. The summed E-state index contributed by atoms with van der Waals surface area (Å²) in [6.07, 6.45) is 3.05. The van der Waals surface area contributed by atoms with Crippen LogP contribution in [0.4, 0.5) is 0 Å². The molecule has 240 valence electrons. The van der Waals surface area contributed by atoms with Crippen LogP contribution in [0.2, 0.25) is 0 Å². The summed E-state index contributed by atoms with van der Waals surface area (Å²) in [5.41, 5.74) is 0.619. The summed E-state index contributed by atoms with van der Waals surface area (Å²) < 4.78 is 27.2. The van der Waals surface area contributed by atoms with Crippen LogP contribution in [0, 0.1) is 0 Å². The molecule has 4 heterocycles. The number of hydrogen-bond donors (Lipinski definition) is 2. The number of aliphatic hydroxyl groups excluding tert-OH is 2. The smallest absolute Gasteiger partial charge is 0.338 e. The predicted octanol–water partition coefficient (Wildman–Crippen LogP) is 2.91. The second kappa shape index (κ2) is 12.6. The van der Waals surface area contributed by atoms with E-state index in [1.165, 1.54) is 54.7 Å². The van der Waals surface area contributed by atoms with Crippen molar-refractivity contribution < 1.29 is 48.3 Å². The van der Waals surface area contributed by atoms with Crippen molar-refractivity contribution in [1.29, 1.82) is 0 Å². The zero-order valence-electron chi connectivity index (χ0n) is 25.5. The molecule has 6 atom stereocenters. The first-order chi connectivity index (χ1) is 21.6. The summed E-state index contributed by atoms with van der Waals surface area (Å²) >= 11 is 1.98. The molecule has 2 N–H and O–H groups in total. The lowest BCUT2D eigenvalue weighted by Gasteiger charge is -2.55. The molecule has 2 amide bonds. The molecule has 2 aromatic rings. The number of fused-ring (bicyclic) bond motifs is 5. The van der Waals surface area contributed by atoms with Crippen LogP contribution in [0.15, 0.2) is 66.6 Å². The van der Waals surface area contributed by atoms with Crippen LogP contribution < -0.4 is 9.47 Å². The molecule has 0 aliphatic carbocycles. The third-order valence-electron chi connectivity index (χ3n) is 8.20. The molecule has 6 rings (SSSR count). The van der Waals surface area contributed by atoms with Gasteiger partial charge < -0.3 is 43.7 Å². The number of amides is 2. The molecule has 4 aliphatic rings. The van der Waals surface area contributed by atoms with E-state index in [2.05, 4.69) is 4.74 Å². The van der Waals surface area contributed by atoms with Gasteiger partial charge in [-0.2, -0.15) is 0 Å². The Morgan fingerprint density at radius 3 is 2.31 bits per heavy atom.